The lowest BCUT2D eigenvalue weighted by Gasteiger charge is -2.28. The molecule has 1 aliphatic rings. The second kappa shape index (κ2) is 6.43. The summed E-state index contributed by atoms with van der Waals surface area (Å²) in [7, 11) is 3.28. The minimum absolute atomic E-state index is 0.0308. The Labute approximate surface area is 91.8 Å². The number of hydrogen-bond donors (Lipinski definition) is 0. The van der Waals surface area contributed by atoms with Gasteiger partial charge in [0.05, 0.1) is 6.61 Å². The molecule has 0 radical (unpaired) electrons. The van der Waals surface area contributed by atoms with E-state index >= 15 is 0 Å². The van der Waals surface area contributed by atoms with Gasteiger partial charge in [0.1, 0.15) is 0 Å². The van der Waals surface area contributed by atoms with Crippen LogP contribution in [0.15, 0.2) is 0 Å². The highest BCUT2D eigenvalue weighted by Gasteiger charge is 2.23. The molecule has 0 spiro atoms. The first-order valence-electron chi connectivity index (χ1n) is 5.54. The van der Waals surface area contributed by atoms with Gasteiger partial charge in [0.2, 0.25) is 0 Å². The lowest BCUT2D eigenvalue weighted by Crippen LogP contribution is -2.32. The maximum Gasteiger partial charge on any atom is 0.166 e. The molecule has 0 aliphatic carbocycles. The molecule has 0 aromatic heterocycles. The van der Waals surface area contributed by atoms with Gasteiger partial charge in [-0.3, -0.25) is 0 Å². The molecule has 1 heterocycles. The van der Waals surface area contributed by atoms with Crippen LogP contribution < -0.4 is 0 Å². The Kier molecular flexibility index (Phi) is 5.53. The number of rotatable bonds is 6. The number of ether oxygens (including phenoxy) is 4. The molecule has 1 aliphatic heterocycles. The Bertz CT molecular complexity index is 162. The maximum absolute atomic E-state index is 5.60. The third-order valence-electron chi connectivity index (χ3n) is 2.86. The highest BCUT2D eigenvalue weighted by Crippen LogP contribution is 2.18. The number of hydrogen-bond acceptors (Lipinski definition) is 4. The van der Waals surface area contributed by atoms with Crippen LogP contribution in [-0.2, 0) is 18.9 Å². The van der Waals surface area contributed by atoms with Crippen LogP contribution in [0.3, 0.4) is 0 Å². The molecule has 0 saturated carbocycles. The molecule has 0 bridgehead atoms. The Morgan fingerprint density at radius 3 is 2.53 bits per heavy atom. The number of methoxy groups -OCH3 is 2. The van der Waals surface area contributed by atoms with Gasteiger partial charge >= 0.3 is 0 Å². The Morgan fingerprint density at radius 1 is 1.27 bits per heavy atom. The average molecular weight is 218 g/mol. The SMILES string of the molecule is COC(C)(CCOC1CCCCO1)OC. The van der Waals surface area contributed by atoms with Crippen LogP contribution in [0.2, 0.25) is 0 Å². The fourth-order valence-electron chi connectivity index (χ4n) is 1.51. The second-order valence-electron chi connectivity index (χ2n) is 3.96. The summed E-state index contributed by atoms with van der Waals surface area (Å²) in [6.45, 7) is 3.32. The van der Waals surface area contributed by atoms with Gasteiger partial charge in [-0.15, -0.1) is 0 Å². The minimum atomic E-state index is -0.547. The third kappa shape index (κ3) is 4.47. The fourth-order valence-corrected chi connectivity index (χ4v) is 1.51. The maximum atomic E-state index is 5.60. The quantitative estimate of drug-likeness (QED) is 0.638. The highest BCUT2D eigenvalue weighted by atomic mass is 16.7. The standard InChI is InChI=1S/C11H22O4/c1-11(12-2,13-3)7-9-15-10-6-4-5-8-14-10/h10H,4-9H2,1-3H3. The zero-order valence-corrected chi connectivity index (χ0v) is 9.95. The molecule has 15 heavy (non-hydrogen) atoms. The van der Waals surface area contributed by atoms with Crippen molar-refractivity contribution < 1.29 is 18.9 Å². The summed E-state index contributed by atoms with van der Waals surface area (Å²) in [4.78, 5) is 0. The van der Waals surface area contributed by atoms with Crippen LogP contribution >= 0.6 is 0 Å². The van der Waals surface area contributed by atoms with Gasteiger partial charge in [0.15, 0.2) is 12.1 Å². The van der Waals surface area contributed by atoms with Gasteiger partial charge in [0, 0.05) is 27.2 Å². The molecule has 0 aromatic rings. The van der Waals surface area contributed by atoms with E-state index in [0.29, 0.717) is 13.0 Å². The second-order valence-corrected chi connectivity index (χ2v) is 3.96. The molecule has 0 amide bonds. The van der Waals surface area contributed by atoms with E-state index in [0.717, 1.165) is 19.4 Å². The molecule has 90 valence electrons. The van der Waals surface area contributed by atoms with E-state index in [9.17, 15) is 0 Å². The van der Waals surface area contributed by atoms with Gasteiger partial charge < -0.3 is 18.9 Å². The fraction of sp³-hybridized carbons (Fsp3) is 1.00. The summed E-state index contributed by atoms with van der Waals surface area (Å²) in [6, 6.07) is 0. The summed E-state index contributed by atoms with van der Waals surface area (Å²) < 4.78 is 21.5. The van der Waals surface area contributed by atoms with Crippen LogP contribution in [-0.4, -0.2) is 39.5 Å². The predicted molar refractivity (Wildman–Crippen MR) is 56.6 cm³/mol. The molecule has 0 aromatic carbocycles. The molecular weight excluding hydrogens is 196 g/mol. The highest BCUT2D eigenvalue weighted by molar-refractivity contribution is 4.62. The molecule has 1 saturated heterocycles. The van der Waals surface area contributed by atoms with Gasteiger partial charge in [-0.1, -0.05) is 0 Å². The van der Waals surface area contributed by atoms with Crippen LogP contribution in [0.5, 0.6) is 0 Å². The topological polar surface area (TPSA) is 36.9 Å². The normalized spacial score (nSPS) is 23.0. The molecule has 4 nitrogen and oxygen atoms in total. The first kappa shape index (κ1) is 12.9. The van der Waals surface area contributed by atoms with Gasteiger partial charge in [0.25, 0.3) is 0 Å². The third-order valence-corrected chi connectivity index (χ3v) is 2.86. The van der Waals surface area contributed by atoms with E-state index < -0.39 is 5.79 Å². The Hall–Kier alpha value is -0.160. The lowest BCUT2D eigenvalue weighted by molar-refractivity contribution is -0.220. The van der Waals surface area contributed by atoms with E-state index in [4.69, 9.17) is 18.9 Å². The average Bonchev–Trinajstić information content (AvgIpc) is 2.30. The largest absolute Gasteiger partial charge is 0.353 e. The monoisotopic (exact) mass is 218 g/mol. The summed E-state index contributed by atoms with van der Waals surface area (Å²) in [6.07, 6.45) is 4.01. The van der Waals surface area contributed by atoms with Crippen molar-refractivity contribution in [1.82, 2.24) is 0 Å². The summed E-state index contributed by atoms with van der Waals surface area (Å²) in [5.74, 6) is -0.547. The van der Waals surface area contributed by atoms with Crippen LogP contribution in [0.1, 0.15) is 32.6 Å². The van der Waals surface area contributed by atoms with Crippen molar-refractivity contribution in [3.63, 3.8) is 0 Å². The van der Waals surface area contributed by atoms with Gasteiger partial charge in [-0.05, 0) is 26.2 Å². The van der Waals surface area contributed by atoms with Crippen molar-refractivity contribution in [2.45, 2.75) is 44.7 Å². The van der Waals surface area contributed by atoms with Crippen molar-refractivity contribution in [2.75, 3.05) is 27.4 Å². The zero-order chi connectivity index (χ0) is 11.1. The summed E-state index contributed by atoms with van der Waals surface area (Å²) >= 11 is 0. The smallest absolute Gasteiger partial charge is 0.166 e. The van der Waals surface area contributed by atoms with Crippen LogP contribution in [0, 0.1) is 0 Å². The molecule has 0 N–H and O–H groups in total. The molecular formula is C11H22O4. The Balaban J connectivity index is 2.14. The molecule has 4 heteroatoms. The van der Waals surface area contributed by atoms with Crippen molar-refractivity contribution >= 4 is 0 Å². The zero-order valence-electron chi connectivity index (χ0n) is 9.95. The van der Waals surface area contributed by atoms with E-state index in [-0.39, 0.29) is 6.29 Å². The van der Waals surface area contributed by atoms with Gasteiger partial charge in [-0.25, -0.2) is 0 Å². The molecule has 1 atom stereocenters. The predicted octanol–water partition coefficient (Wildman–Crippen LogP) is 1.93. The lowest BCUT2D eigenvalue weighted by atomic mass is 10.2. The van der Waals surface area contributed by atoms with Crippen molar-refractivity contribution in [1.29, 1.82) is 0 Å². The van der Waals surface area contributed by atoms with Crippen LogP contribution in [0.4, 0.5) is 0 Å². The van der Waals surface area contributed by atoms with E-state index in [1.807, 2.05) is 6.92 Å². The van der Waals surface area contributed by atoms with Crippen molar-refractivity contribution in [2.24, 2.45) is 0 Å². The first-order valence-corrected chi connectivity index (χ1v) is 5.54. The van der Waals surface area contributed by atoms with Crippen LogP contribution in [0.25, 0.3) is 0 Å². The summed E-state index contributed by atoms with van der Waals surface area (Å²) in [5.41, 5.74) is 0. The Morgan fingerprint density at radius 2 is 2.00 bits per heavy atom. The van der Waals surface area contributed by atoms with Crippen molar-refractivity contribution in [3.8, 4) is 0 Å². The summed E-state index contributed by atoms with van der Waals surface area (Å²) in [5, 5.41) is 0. The van der Waals surface area contributed by atoms with E-state index in [2.05, 4.69) is 0 Å². The van der Waals surface area contributed by atoms with E-state index in [1.165, 1.54) is 6.42 Å². The van der Waals surface area contributed by atoms with E-state index in [1.54, 1.807) is 14.2 Å². The minimum Gasteiger partial charge on any atom is -0.353 e. The first-order chi connectivity index (χ1) is 7.20. The molecule has 1 rings (SSSR count). The molecule has 1 fully saturated rings. The van der Waals surface area contributed by atoms with Gasteiger partial charge in [-0.2, -0.15) is 0 Å². The molecule has 1 unspecified atom stereocenters. The van der Waals surface area contributed by atoms with Crippen molar-refractivity contribution in [3.05, 3.63) is 0 Å².